The highest BCUT2D eigenvalue weighted by atomic mass is 32.2. The SMILES string of the molecule is N#Cc1ccccc1Sc1cc(-c2cnn(C3CCNCC3)c2)cn2ncc(C#N)c12. The van der Waals surface area contributed by atoms with Crippen LogP contribution in [0.15, 0.2) is 64.9 Å². The van der Waals surface area contributed by atoms with Gasteiger partial charge in [-0.25, -0.2) is 4.52 Å². The van der Waals surface area contributed by atoms with Gasteiger partial charge in [-0.1, -0.05) is 23.9 Å². The number of nitriles is 2. The number of rotatable bonds is 4. The Morgan fingerprint density at radius 3 is 2.55 bits per heavy atom. The molecule has 0 spiro atoms. The number of piperidine rings is 1. The summed E-state index contributed by atoms with van der Waals surface area (Å²) in [6.45, 7) is 2.02. The van der Waals surface area contributed by atoms with Gasteiger partial charge in [0.15, 0.2) is 0 Å². The summed E-state index contributed by atoms with van der Waals surface area (Å²) in [5.41, 5.74) is 3.83. The molecule has 4 heterocycles. The zero-order valence-electron chi connectivity index (χ0n) is 16.7. The highest BCUT2D eigenvalue weighted by Gasteiger charge is 2.18. The van der Waals surface area contributed by atoms with Gasteiger partial charge in [0, 0.05) is 33.3 Å². The first kappa shape index (κ1) is 19.4. The van der Waals surface area contributed by atoms with Crippen molar-refractivity contribution in [2.75, 3.05) is 13.1 Å². The number of benzene rings is 1. The molecule has 1 aromatic carbocycles. The Hall–Kier alpha value is -3.59. The highest BCUT2D eigenvalue weighted by Crippen LogP contribution is 2.37. The van der Waals surface area contributed by atoms with Crippen molar-refractivity contribution >= 4 is 17.3 Å². The van der Waals surface area contributed by atoms with Crippen LogP contribution in [0.5, 0.6) is 0 Å². The Balaban J connectivity index is 1.59. The Bertz CT molecular complexity index is 1330. The second-order valence-corrected chi connectivity index (χ2v) is 8.54. The smallest absolute Gasteiger partial charge is 0.103 e. The second-order valence-electron chi connectivity index (χ2n) is 7.46. The van der Waals surface area contributed by atoms with E-state index >= 15 is 0 Å². The van der Waals surface area contributed by atoms with Gasteiger partial charge in [0.1, 0.15) is 12.1 Å². The van der Waals surface area contributed by atoms with Crippen LogP contribution in [0.1, 0.15) is 30.0 Å². The van der Waals surface area contributed by atoms with E-state index in [1.165, 1.54) is 11.8 Å². The van der Waals surface area contributed by atoms with E-state index in [9.17, 15) is 10.5 Å². The summed E-state index contributed by atoms with van der Waals surface area (Å²) >= 11 is 1.48. The fraction of sp³-hybridized carbons (Fsp3) is 0.217. The lowest BCUT2D eigenvalue weighted by Gasteiger charge is -2.22. The van der Waals surface area contributed by atoms with E-state index in [-0.39, 0.29) is 0 Å². The predicted octanol–water partition coefficient (Wildman–Crippen LogP) is 4.02. The van der Waals surface area contributed by atoms with E-state index in [1.54, 1.807) is 16.8 Å². The molecular formula is C23H19N7S. The molecule has 5 rings (SSSR count). The molecule has 1 N–H and O–H groups in total. The zero-order chi connectivity index (χ0) is 21.2. The lowest BCUT2D eigenvalue weighted by atomic mass is 10.1. The van der Waals surface area contributed by atoms with Crippen molar-refractivity contribution in [1.82, 2.24) is 24.7 Å². The summed E-state index contributed by atoms with van der Waals surface area (Å²) < 4.78 is 3.80. The fourth-order valence-electron chi connectivity index (χ4n) is 3.93. The van der Waals surface area contributed by atoms with Crippen LogP contribution < -0.4 is 5.32 Å². The van der Waals surface area contributed by atoms with E-state index in [1.807, 2.05) is 30.6 Å². The number of fused-ring (bicyclic) bond motifs is 1. The standard InChI is InChI=1S/C23H19N7S/c24-10-16-3-1-2-4-21(16)31-22-9-17(14-30-23(22)18(11-25)12-28-30)19-13-27-29(15-19)20-5-7-26-8-6-20/h1-4,9,12-15,20,26H,5-8H2. The van der Waals surface area contributed by atoms with Crippen molar-refractivity contribution in [2.24, 2.45) is 0 Å². The Labute approximate surface area is 183 Å². The summed E-state index contributed by atoms with van der Waals surface area (Å²) in [5, 5.41) is 31.4. The maximum Gasteiger partial charge on any atom is 0.103 e. The fourth-order valence-corrected chi connectivity index (χ4v) is 5.02. The zero-order valence-corrected chi connectivity index (χ0v) is 17.5. The average molecular weight is 426 g/mol. The van der Waals surface area contributed by atoms with E-state index in [0.29, 0.717) is 17.2 Å². The molecule has 0 amide bonds. The first-order valence-corrected chi connectivity index (χ1v) is 10.9. The van der Waals surface area contributed by atoms with Gasteiger partial charge < -0.3 is 5.32 Å². The Morgan fingerprint density at radius 2 is 1.74 bits per heavy atom. The van der Waals surface area contributed by atoms with Crippen molar-refractivity contribution in [3.63, 3.8) is 0 Å². The molecule has 1 aliphatic heterocycles. The lowest BCUT2D eigenvalue weighted by Crippen LogP contribution is -2.29. The van der Waals surface area contributed by atoms with Gasteiger partial charge >= 0.3 is 0 Å². The molecular weight excluding hydrogens is 406 g/mol. The molecule has 4 aromatic rings. The van der Waals surface area contributed by atoms with Crippen LogP contribution in [0.25, 0.3) is 16.6 Å². The summed E-state index contributed by atoms with van der Waals surface area (Å²) in [6, 6.07) is 14.4. The minimum Gasteiger partial charge on any atom is -0.317 e. The molecule has 152 valence electrons. The molecule has 1 aliphatic rings. The number of nitrogens with zero attached hydrogens (tertiary/aromatic N) is 6. The van der Waals surface area contributed by atoms with Gasteiger partial charge in [-0.3, -0.25) is 4.68 Å². The van der Waals surface area contributed by atoms with Crippen LogP contribution in [-0.2, 0) is 0 Å². The quantitative estimate of drug-likeness (QED) is 0.531. The third-order valence-corrected chi connectivity index (χ3v) is 6.65. The summed E-state index contributed by atoms with van der Waals surface area (Å²) in [6.07, 6.45) is 9.62. The minimum atomic E-state index is 0.407. The lowest BCUT2D eigenvalue weighted by molar-refractivity contribution is 0.343. The topological polar surface area (TPSA) is 94.7 Å². The third kappa shape index (κ3) is 3.68. The predicted molar refractivity (Wildman–Crippen MR) is 118 cm³/mol. The summed E-state index contributed by atoms with van der Waals surface area (Å²) in [7, 11) is 0. The minimum absolute atomic E-state index is 0.407. The molecule has 1 fully saturated rings. The molecule has 0 aliphatic carbocycles. The van der Waals surface area contributed by atoms with Crippen molar-refractivity contribution in [3.05, 3.63) is 66.2 Å². The van der Waals surface area contributed by atoms with Crippen LogP contribution in [0.3, 0.4) is 0 Å². The second kappa shape index (κ2) is 8.27. The van der Waals surface area contributed by atoms with E-state index in [4.69, 9.17) is 0 Å². The van der Waals surface area contributed by atoms with Crippen LogP contribution in [0.2, 0.25) is 0 Å². The number of aromatic nitrogens is 4. The monoisotopic (exact) mass is 425 g/mol. The van der Waals surface area contributed by atoms with Gasteiger partial charge in [-0.15, -0.1) is 0 Å². The molecule has 8 heteroatoms. The van der Waals surface area contributed by atoms with E-state index in [2.05, 4.69) is 44.6 Å². The third-order valence-electron chi connectivity index (χ3n) is 5.54. The van der Waals surface area contributed by atoms with Crippen molar-refractivity contribution in [2.45, 2.75) is 28.7 Å². The Morgan fingerprint density at radius 1 is 0.935 bits per heavy atom. The largest absolute Gasteiger partial charge is 0.317 e. The van der Waals surface area contributed by atoms with E-state index < -0.39 is 0 Å². The molecule has 0 bridgehead atoms. The van der Waals surface area contributed by atoms with Crippen LogP contribution in [0.4, 0.5) is 0 Å². The molecule has 0 radical (unpaired) electrons. The Kier molecular flexibility index (Phi) is 5.17. The molecule has 31 heavy (non-hydrogen) atoms. The van der Waals surface area contributed by atoms with Crippen LogP contribution in [0, 0.1) is 22.7 Å². The van der Waals surface area contributed by atoms with Gasteiger partial charge in [-0.2, -0.15) is 20.7 Å². The van der Waals surface area contributed by atoms with Gasteiger partial charge in [0.25, 0.3) is 0 Å². The van der Waals surface area contributed by atoms with Crippen molar-refractivity contribution in [1.29, 1.82) is 10.5 Å². The average Bonchev–Trinajstić information content (AvgIpc) is 3.47. The van der Waals surface area contributed by atoms with Gasteiger partial charge in [-0.05, 0) is 44.1 Å². The number of nitrogens with one attached hydrogen (secondary N) is 1. The normalized spacial score (nSPS) is 14.4. The van der Waals surface area contributed by atoms with Crippen LogP contribution >= 0.6 is 11.8 Å². The molecule has 0 unspecified atom stereocenters. The molecule has 3 aromatic heterocycles. The number of hydrogen-bond acceptors (Lipinski definition) is 6. The maximum atomic E-state index is 9.57. The number of pyridine rings is 1. The molecule has 0 saturated carbocycles. The molecule has 0 atom stereocenters. The molecule has 7 nitrogen and oxygen atoms in total. The van der Waals surface area contributed by atoms with Crippen LogP contribution in [-0.4, -0.2) is 32.5 Å². The van der Waals surface area contributed by atoms with Gasteiger partial charge in [0.05, 0.1) is 35.1 Å². The highest BCUT2D eigenvalue weighted by molar-refractivity contribution is 7.99. The maximum absolute atomic E-state index is 9.57. The van der Waals surface area contributed by atoms with Gasteiger partial charge in [0.2, 0.25) is 0 Å². The van der Waals surface area contributed by atoms with Crippen molar-refractivity contribution in [3.8, 4) is 23.3 Å². The van der Waals surface area contributed by atoms with E-state index in [0.717, 1.165) is 52.4 Å². The van der Waals surface area contributed by atoms with Crippen molar-refractivity contribution < 1.29 is 0 Å². The molecule has 1 saturated heterocycles. The first-order valence-electron chi connectivity index (χ1n) is 10.1. The summed E-state index contributed by atoms with van der Waals surface area (Å²) in [4.78, 5) is 1.73. The first-order chi connectivity index (χ1) is 15.3. The number of hydrogen-bond donors (Lipinski definition) is 1. The summed E-state index contributed by atoms with van der Waals surface area (Å²) in [5.74, 6) is 0.